The average Bonchev–Trinajstić information content (AvgIpc) is 2.48. The molecule has 1 heterocycles. The number of hydrogen-bond donors (Lipinski definition) is 1. The van der Waals surface area contributed by atoms with Crippen molar-refractivity contribution in [2.75, 3.05) is 13.1 Å². The first-order valence-electron chi connectivity index (χ1n) is 7.36. The molecule has 22 heavy (non-hydrogen) atoms. The van der Waals surface area contributed by atoms with Crippen LogP contribution in [0.1, 0.15) is 24.0 Å². The van der Waals surface area contributed by atoms with E-state index in [1.165, 1.54) is 0 Å². The van der Waals surface area contributed by atoms with E-state index in [9.17, 15) is 23.1 Å². The molecule has 0 radical (unpaired) electrons. The molecule has 0 saturated carbocycles. The summed E-state index contributed by atoms with van der Waals surface area (Å²) in [5, 5.41) is 9.28. The largest absolute Gasteiger partial charge is 0.414 e. The summed E-state index contributed by atoms with van der Waals surface area (Å²) in [5.74, 6) is -0.892. The lowest BCUT2D eigenvalue weighted by molar-refractivity contribution is -0.222. The first-order valence-corrected chi connectivity index (χ1v) is 7.36. The van der Waals surface area contributed by atoms with Crippen LogP contribution in [0.2, 0.25) is 0 Å². The first kappa shape index (κ1) is 16.8. The minimum atomic E-state index is -4.59. The molecule has 3 nitrogen and oxygen atoms in total. The lowest BCUT2D eigenvalue weighted by Gasteiger charge is -2.34. The van der Waals surface area contributed by atoms with Crippen LogP contribution in [0.5, 0.6) is 0 Å². The highest BCUT2D eigenvalue weighted by Crippen LogP contribution is 2.31. The number of rotatable bonds is 3. The van der Waals surface area contributed by atoms with Crippen molar-refractivity contribution in [2.45, 2.75) is 38.5 Å². The molecule has 1 aromatic rings. The number of benzene rings is 1. The van der Waals surface area contributed by atoms with Gasteiger partial charge in [-0.25, -0.2) is 0 Å². The van der Waals surface area contributed by atoms with Gasteiger partial charge in [0, 0.05) is 13.1 Å². The second-order valence-corrected chi connectivity index (χ2v) is 5.81. The van der Waals surface area contributed by atoms with E-state index in [0.717, 1.165) is 11.1 Å². The van der Waals surface area contributed by atoms with Crippen molar-refractivity contribution in [3.8, 4) is 0 Å². The van der Waals surface area contributed by atoms with Crippen molar-refractivity contribution < 1.29 is 23.1 Å². The second-order valence-electron chi connectivity index (χ2n) is 5.81. The van der Waals surface area contributed by atoms with Crippen molar-refractivity contribution in [3.05, 3.63) is 35.4 Å². The number of carbonyl (C=O) groups is 1. The van der Waals surface area contributed by atoms with Gasteiger partial charge >= 0.3 is 6.18 Å². The smallest absolute Gasteiger partial charge is 0.383 e. The van der Waals surface area contributed by atoms with Crippen LogP contribution in [-0.2, 0) is 11.2 Å². The Bertz CT molecular complexity index is 522. The molecular weight excluding hydrogens is 295 g/mol. The monoisotopic (exact) mass is 315 g/mol. The van der Waals surface area contributed by atoms with Gasteiger partial charge in [-0.15, -0.1) is 0 Å². The van der Waals surface area contributed by atoms with E-state index < -0.39 is 18.2 Å². The number of amides is 1. The van der Waals surface area contributed by atoms with Crippen LogP contribution in [0.4, 0.5) is 13.2 Å². The Balaban J connectivity index is 1.89. The molecule has 1 amide bonds. The third kappa shape index (κ3) is 4.00. The van der Waals surface area contributed by atoms with Gasteiger partial charge in [-0.05, 0) is 36.8 Å². The molecule has 6 heteroatoms. The zero-order valence-corrected chi connectivity index (χ0v) is 12.4. The third-order valence-electron chi connectivity index (χ3n) is 4.28. The van der Waals surface area contributed by atoms with E-state index in [0.29, 0.717) is 0 Å². The average molecular weight is 315 g/mol. The Hall–Kier alpha value is -1.56. The fourth-order valence-electron chi connectivity index (χ4n) is 2.82. The zero-order valence-electron chi connectivity index (χ0n) is 12.4. The van der Waals surface area contributed by atoms with E-state index in [1.807, 2.05) is 31.2 Å². The molecule has 1 aliphatic heterocycles. The molecule has 1 unspecified atom stereocenters. The van der Waals surface area contributed by atoms with Gasteiger partial charge in [0.2, 0.25) is 5.91 Å². The highest BCUT2D eigenvalue weighted by atomic mass is 19.4. The number of aliphatic hydroxyl groups excluding tert-OH is 1. The van der Waals surface area contributed by atoms with Crippen LogP contribution in [0, 0.1) is 12.8 Å². The van der Waals surface area contributed by atoms with Crippen LogP contribution in [0.3, 0.4) is 0 Å². The summed E-state index contributed by atoms with van der Waals surface area (Å²) >= 11 is 0. The Kier molecular flexibility index (Phi) is 5.11. The summed E-state index contributed by atoms with van der Waals surface area (Å²) in [6.45, 7) is 2.46. The van der Waals surface area contributed by atoms with Crippen molar-refractivity contribution in [2.24, 2.45) is 5.92 Å². The molecule has 0 aromatic heterocycles. The van der Waals surface area contributed by atoms with Crippen LogP contribution in [0.15, 0.2) is 24.3 Å². The van der Waals surface area contributed by atoms with E-state index in [-0.39, 0.29) is 38.3 Å². The first-order chi connectivity index (χ1) is 10.3. The van der Waals surface area contributed by atoms with Crippen LogP contribution in [-0.4, -0.2) is 41.3 Å². The minimum Gasteiger partial charge on any atom is -0.383 e. The van der Waals surface area contributed by atoms with Gasteiger partial charge in [0.1, 0.15) is 0 Å². The number of likely N-dealkylation sites (tertiary alicyclic amines) is 1. The Labute approximate surface area is 127 Å². The maximum Gasteiger partial charge on any atom is 0.414 e. The SMILES string of the molecule is Cc1ccccc1CC(=O)N1CCC(C(O)C(F)(F)F)CC1. The normalized spacial score (nSPS) is 18.3. The van der Waals surface area contributed by atoms with Gasteiger partial charge in [0.05, 0.1) is 6.42 Å². The van der Waals surface area contributed by atoms with Crippen molar-refractivity contribution >= 4 is 5.91 Å². The lowest BCUT2D eigenvalue weighted by atomic mass is 9.90. The van der Waals surface area contributed by atoms with Crippen LogP contribution < -0.4 is 0 Å². The topological polar surface area (TPSA) is 40.5 Å². The molecule has 1 saturated heterocycles. The predicted molar refractivity (Wildman–Crippen MR) is 76.2 cm³/mol. The highest BCUT2D eigenvalue weighted by Gasteiger charge is 2.44. The lowest BCUT2D eigenvalue weighted by Crippen LogP contribution is -2.45. The molecule has 0 bridgehead atoms. The molecule has 2 rings (SSSR count). The molecular formula is C16H20F3NO2. The van der Waals surface area contributed by atoms with Crippen LogP contribution >= 0.6 is 0 Å². The highest BCUT2D eigenvalue weighted by molar-refractivity contribution is 5.79. The van der Waals surface area contributed by atoms with Crippen LogP contribution in [0.25, 0.3) is 0 Å². The fraction of sp³-hybridized carbons (Fsp3) is 0.562. The van der Waals surface area contributed by atoms with Crippen molar-refractivity contribution in [1.29, 1.82) is 0 Å². The van der Waals surface area contributed by atoms with E-state index in [1.54, 1.807) is 4.90 Å². The molecule has 122 valence electrons. The number of carbonyl (C=O) groups excluding carboxylic acids is 1. The summed E-state index contributed by atoms with van der Waals surface area (Å²) in [6, 6.07) is 7.57. The summed E-state index contributed by atoms with van der Waals surface area (Å²) in [4.78, 5) is 13.8. The van der Waals surface area contributed by atoms with Crippen molar-refractivity contribution in [1.82, 2.24) is 4.90 Å². The van der Waals surface area contributed by atoms with Crippen molar-refractivity contribution in [3.63, 3.8) is 0 Å². The molecule has 1 atom stereocenters. The van der Waals surface area contributed by atoms with Gasteiger partial charge in [-0.1, -0.05) is 24.3 Å². The Morgan fingerprint density at radius 2 is 1.91 bits per heavy atom. The summed E-state index contributed by atoms with van der Waals surface area (Å²) < 4.78 is 37.5. The van der Waals surface area contributed by atoms with Gasteiger partial charge in [0.25, 0.3) is 0 Å². The molecule has 1 aromatic carbocycles. The van der Waals surface area contributed by atoms with E-state index >= 15 is 0 Å². The number of halogens is 3. The van der Waals surface area contributed by atoms with Gasteiger partial charge in [0.15, 0.2) is 6.10 Å². The molecule has 1 fully saturated rings. The standard InChI is InChI=1S/C16H20F3NO2/c1-11-4-2-3-5-13(11)10-14(21)20-8-6-12(7-9-20)15(22)16(17,18)19/h2-5,12,15,22H,6-10H2,1H3. The Morgan fingerprint density at radius 1 is 1.32 bits per heavy atom. The molecule has 1 aliphatic rings. The van der Waals surface area contributed by atoms with E-state index in [2.05, 4.69) is 0 Å². The van der Waals surface area contributed by atoms with E-state index in [4.69, 9.17) is 0 Å². The van der Waals surface area contributed by atoms with Gasteiger partial charge in [-0.2, -0.15) is 13.2 Å². The number of nitrogens with zero attached hydrogens (tertiary/aromatic N) is 1. The quantitative estimate of drug-likeness (QED) is 0.932. The Morgan fingerprint density at radius 3 is 2.45 bits per heavy atom. The molecule has 0 spiro atoms. The number of aliphatic hydroxyl groups is 1. The van der Waals surface area contributed by atoms with Gasteiger partial charge < -0.3 is 10.0 Å². The fourth-order valence-corrected chi connectivity index (χ4v) is 2.82. The third-order valence-corrected chi connectivity index (χ3v) is 4.28. The number of hydrogen-bond acceptors (Lipinski definition) is 2. The summed E-state index contributed by atoms with van der Waals surface area (Å²) in [7, 11) is 0. The number of alkyl halides is 3. The predicted octanol–water partition coefficient (Wildman–Crippen LogP) is 2.70. The molecule has 0 aliphatic carbocycles. The van der Waals surface area contributed by atoms with Gasteiger partial charge in [-0.3, -0.25) is 4.79 Å². The maximum absolute atomic E-state index is 12.5. The second kappa shape index (κ2) is 6.69. The zero-order chi connectivity index (χ0) is 16.3. The maximum atomic E-state index is 12.5. The number of piperidine rings is 1. The summed E-state index contributed by atoms with van der Waals surface area (Å²) in [5.41, 5.74) is 1.96. The minimum absolute atomic E-state index is 0.0748. The number of aryl methyl sites for hydroxylation is 1. The summed E-state index contributed by atoms with van der Waals surface area (Å²) in [6.07, 6.45) is -6.25. The molecule has 1 N–H and O–H groups in total.